The highest BCUT2D eigenvalue weighted by Gasteiger charge is 2.20. The number of aliphatic hydroxyl groups excluding tert-OH is 1. The zero-order valence-corrected chi connectivity index (χ0v) is 14.7. The van der Waals surface area contributed by atoms with E-state index in [1.165, 1.54) is 6.07 Å². The number of sulfonamides is 1. The fourth-order valence-electron chi connectivity index (χ4n) is 2.23. The maximum atomic E-state index is 12.1. The van der Waals surface area contributed by atoms with Crippen molar-refractivity contribution >= 4 is 37.3 Å². The van der Waals surface area contributed by atoms with E-state index in [4.69, 9.17) is 4.74 Å². The molecule has 0 radical (unpaired) electrons. The first-order valence-corrected chi connectivity index (χ1v) is 9.74. The quantitative estimate of drug-likeness (QED) is 0.803. The Kier molecular flexibility index (Phi) is 4.56. The van der Waals surface area contributed by atoms with Crippen LogP contribution >= 0.6 is 27.3 Å². The third-order valence-corrected chi connectivity index (χ3v) is 6.92. The van der Waals surface area contributed by atoms with Crippen molar-refractivity contribution in [3.63, 3.8) is 0 Å². The van der Waals surface area contributed by atoms with E-state index < -0.39 is 16.1 Å². The van der Waals surface area contributed by atoms with Crippen molar-refractivity contribution in [3.8, 4) is 5.75 Å². The van der Waals surface area contributed by atoms with Gasteiger partial charge in [-0.25, -0.2) is 13.1 Å². The number of thiophene rings is 1. The number of ether oxygens (including phenoxy) is 1. The fourth-order valence-corrected chi connectivity index (χ4v) is 5.33. The van der Waals surface area contributed by atoms with E-state index in [-0.39, 0.29) is 10.8 Å². The molecule has 1 aliphatic heterocycles. The van der Waals surface area contributed by atoms with Crippen molar-refractivity contribution < 1.29 is 18.3 Å². The predicted molar refractivity (Wildman–Crippen MR) is 87.8 cm³/mol. The molecule has 0 spiro atoms. The van der Waals surface area contributed by atoms with E-state index in [1.807, 2.05) is 12.1 Å². The van der Waals surface area contributed by atoms with Crippen LogP contribution in [-0.2, 0) is 16.4 Å². The molecule has 2 N–H and O–H groups in total. The molecular weight excluding hydrogens is 390 g/mol. The Labute approximate surface area is 141 Å². The summed E-state index contributed by atoms with van der Waals surface area (Å²) in [5, 5.41) is 10.2. The van der Waals surface area contributed by atoms with Gasteiger partial charge in [0.05, 0.1) is 16.5 Å². The first-order chi connectivity index (χ1) is 10.5. The molecule has 2 aromatic rings. The highest BCUT2D eigenvalue weighted by atomic mass is 79.9. The van der Waals surface area contributed by atoms with E-state index in [1.54, 1.807) is 12.1 Å². The minimum Gasteiger partial charge on any atom is -0.493 e. The van der Waals surface area contributed by atoms with Gasteiger partial charge in [0, 0.05) is 13.0 Å². The molecule has 0 amide bonds. The second-order valence-corrected chi connectivity index (χ2v) is 9.35. The molecule has 0 unspecified atom stereocenters. The second-order valence-electron chi connectivity index (χ2n) is 4.89. The largest absolute Gasteiger partial charge is 0.493 e. The summed E-state index contributed by atoms with van der Waals surface area (Å²) in [5.41, 5.74) is 1.72. The molecule has 0 bridgehead atoms. The summed E-state index contributed by atoms with van der Waals surface area (Å²) in [6, 6.07) is 8.63. The van der Waals surface area contributed by atoms with E-state index in [0.717, 1.165) is 32.9 Å². The molecule has 1 aromatic carbocycles. The first kappa shape index (κ1) is 15.9. The number of nitrogens with one attached hydrogen (secondary N) is 1. The average molecular weight is 404 g/mol. The molecule has 2 heterocycles. The van der Waals surface area contributed by atoms with E-state index in [9.17, 15) is 13.5 Å². The molecule has 3 rings (SSSR count). The molecule has 0 fully saturated rings. The lowest BCUT2D eigenvalue weighted by Crippen LogP contribution is -2.28. The Bertz CT molecular complexity index is 788. The van der Waals surface area contributed by atoms with Gasteiger partial charge >= 0.3 is 0 Å². The molecule has 1 aliphatic rings. The Morgan fingerprint density at radius 3 is 2.91 bits per heavy atom. The third-order valence-electron chi connectivity index (χ3n) is 3.38. The molecule has 1 atom stereocenters. The zero-order chi connectivity index (χ0) is 15.7. The number of rotatable bonds is 5. The highest BCUT2D eigenvalue weighted by molar-refractivity contribution is 9.11. The van der Waals surface area contributed by atoms with Gasteiger partial charge in [0.15, 0.2) is 0 Å². The summed E-state index contributed by atoms with van der Waals surface area (Å²) in [7, 11) is -3.60. The smallest absolute Gasteiger partial charge is 0.250 e. The van der Waals surface area contributed by atoms with E-state index >= 15 is 0 Å². The fraction of sp³-hybridized carbons (Fsp3) is 0.286. The van der Waals surface area contributed by atoms with Crippen LogP contribution in [0.15, 0.2) is 38.3 Å². The maximum absolute atomic E-state index is 12.1. The van der Waals surface area contributed by atoms with Gasteiger partial charge in [-0.2, -0.15) is 0 Å². The monoisotopic (exact) mass is 403 g/mol. The number of hydrogen-bond donors (Lipinski definition) is 2. The van der Waals surface area contributed by atoms with Gasteiger partial charge < -0.3 is 9.84 Å². The molecule has 0 aliphatic carbocycles. The molecule has 8 heteroatoms. The van der Waals surface area contributed by atoms with Gasteiger partial charge in [-0.15, -0.1) is 11.3 Å². The highest BCUT2D eigenvalue weighted by Crippen LogP contribution is 2.29. The average Bonchev–Trinajstić information content (AvgIpc) is 3.12. The van der Waals surface area contributed by atoms with Gasteiger partial charge in [0.25, 0.3) is 0 Å². The standard InChI is InChI=1S/C14H14BrNO4S2/c15-13-3-4-14(21-13)22(18,19)16-8-11(17)9-1-2-12-10(7-9)5-6-20-12/h1-4,7,11,16-17H,5-6,8H2/t11-/m1/s1. The van der Waals surface area contributed by atoms with Gasteiger partial charge in [0.1, 0.15) is 9.96 Å². The van der Waals surface area contributed by atoms with E-state index in [2.05, 4.69) is 20.7 Å². The molecule has 22 heavy (non-hydrogen) atoms. The molecule has 0 saturated heterocycles. The van der Waals surface area contributed by atoms with Gasteiger partial charge in [-0.3, -0.25) is 0 Å². The second kappa shape index (κ2) is 6.29. The number of benzene rings is 1. The third kappa shape index (κ3) is 3.36. The van der Waals surface area contributed by atoms with Crippen LogP contribution in [0.3, 0.4) is 0 Å². The minimum atomic E-state index is -3.60. The van der Waals surface area contributed by atoms with Crippen LogP contribution in [0.1, 0.15) is 17.2 Å². The van der Waals surface area contributed by atoms with Crippen LogP contribution in [0.2, 0.25) is 0 Å². The first-order valence-electron chi connectivity index (χ1n) is 6.64. The van der Waals surface area contributed by atoms with Crippen LogP contribution in [0.25, 0.3) is 0 Å². The number of hydrogen-bond acceptors (Lipinski definition) is 5. The van der Waals surface area contributed by atoms with Crippen molar-refractivity contribution in [2.75, 3.05) is 13.2 Å². The Balaban J connectivity index is 1.68. The lowest BCUT2D eigenvalue weighted by atomic mass is 10.0. The summed E-state index contributed by atoms with van der Waals surface area (Å²) >= 11 is 4.36. The lowest BCUT2D eigenvalue weighted by molar-refractivity contribution is 0.182. The Morgan fingerprint density at radius 2 is 2.18 bits per heavy atom. The van der Waals surface area contributed by atoms with Crippen LogP contribution < -0.4 is 9.46 Å². The van der Waals surface area contributed by atoms with Crippen molar-refractivity contribution in [1.29, 1.82) is 0 Å². The maximum Gasteiger partial charge on any atom is 0.250 e. The van der Waals surface area contributed by atoms with Crippen LogP contribution in [-0.4, -0.2) is 26.7 Å². The molecule has 5 nitrogen and oxygen atoms in total. The zero-order valence-electron chi connectivity index (χ0n) is 11.5. The van der Waals surface area contributed by atoms with Gasteiger partial charge in [0.2, 0.25) is 10.0 Å². The molecular formula is C14H14BrNO4S2. The Morgan fingerprint density at radius 1 is 1.36 bits per heavy atom. The summed E-state index contributed by atoms with van der Waals surface area (Å²) in [4.78, 5) is 0. The van der Waals surface area contributed by atoms with Crippen LogP contribution in [0.4, 0.5) is 0 Å². The van der Waals surface area contributed by atoms with Crippen molar-refractivity contribution in [3.05, 3.63) is 45.2 Å². The van der Waals surface area contributed by atoms with E-state index in [0.29, 0.717) is 12.2 Å². The van der Waals surface area contributed by atoms with Crippen molar-refractivity contribution in [1.82, 2.24) is 4.72 Å². The summed E-state index contributed by atoms with van der Waals surface area (Å²) in [6.45, 7) is 0.576. The minimum absolute atomic E-state index is 0.0719. The van der Waals surface area contributed by atoms with Crippen LogP contribution in [0, 0.1) is 0 Å². The van der Waals surface area contributed by atoms with Gasteiger partial charge in [-0.05, 0) is 51.3 Å². The Hall–Kier alpha value is -0.930. The SMILES string of the molecule is O=S(=O)(NC[C@@H](O)c1ccc2c(c1)CCO2)c1ccc(Br)s1. The van der Waals surface area contributed by atoms with Crippen molar-refractivity contribution in [2.24, 2.45) is 0 Å². The molecule has 118 valence electrons. The molecule has 1 aromatic heterocycles. The summed E-state index contributed by atoms with van der Waals surface area (Å²) in [6.07, 6.45) is -0.0886. The van der Waals surface area contributed by atoms with Gasteiger partial charge in [-0.1, -0.05) is 6.07 Å². The lowest BCUT2D eigenvalue weighted by Gasteiger charge is -2.13. The topological polar surface area (TPSA) is 75.6 Å². The molecule has 0 saturated carbocycles. The predicted octanol–water partition coefficient (Wildman–Crippen LogP) is 2.46. The van der Waals surface area contributed by atoms with Crippen molar-refractivity contribution in [2.45, 2.75) is 16.7 Å². The number of fused-ring (bicyclic) bond motifs is 1. The number of halogens is 1. The van der Waals surface area contributed by atoms with Crippen LogP contribution in [0.5, 0.6) is 5.75 Å². The number of aliphatic hydroxyl groups is 1. The summed E-state index contributed by atoms with van der Waals surface area (Å²) < 4.78 is 33.0. The normalized spacial score (nSPS) is 15.4. The summed E-state index contributed by atoms with van der Waals surface area (Å²) in [5.74, 6) is 0.833.